The van der Waals surface area contributed by atoms with Crippen molar-refractivity contribution in [3.8, 4) is 0 Å². The van der Waals surface area contributed by atoms with Crippen molar-refractivity contribution in [1.82, 2.24) is 25.4 Å². The molecular formula is C12H22N6. The van der Waals surface area contributed by atoms with Crippen LogP contribution in [0.5, 0.6) is 0 Å². The van der Waals surface area contributed by atoms with Gasteiger partial charge in [-0.3, -0.25) is 0 Å². The molecule has 2 N–H and O–H groups in total. The highest BCUT2D eigenvalue weighted by molar-refractivity contribution is 5.80. The lowest BCUT2D eigenvalue weighted by molar-refractivity contribution is 0.687. The topological polar surface area (TPSA) is 67.1 Å². The van der Waals surface area contributed by atoms with Crippen molar-refractivity contribution in [1.29, 1.82) is 0 Å². The largest absolute Gasteiger partial charge is 0.354 e. The Bertz CT molecular complexity index is 424. The van der Waals surface area contributed by atoms with Gasteiger partial charge in [0.2, 0.25) is 0 Å². The Morgan fingerprint density at radius 3 is 2.67 bits per heavy atom. The van der Waals surface area contributed by atoms with Gasteiger partial charge in [-0.25, -0.2) is 4.99 Å². The Morgan fingerprint density at radius 2 is 2.17 bits per heavy atom. The van der Waals surface area contributed by atoms with Crippen LogP contribution >= 0.6 is 0 Å². The maximum Gasteiger partial charge on any atom is 0.192 e. The molecule has 0 atom stereocenters. The third-order valence-corrected chi connectivity index (χ3v) is 2.90. The van der Waals surface area contributed by atoms with Gasteiger partial charge in [-0.2, -0.15) is 0 Å². The average molecular weight is 250 g/mol. The number of guanidine groups is 1. The molecule has 1 heterocycles. The fourth-order valence-corrected chi connectivity index (χ4v) is 1.57. The number of rotatable bonds is 4. The molecule has 1 aromatic heterocycles. The van der Waals surface area contributed by atoms with Crippen molar-refractivity contribution in [3.05, 3.63) is 11.6 Å². The van der Waals surface area contributed by atoms with E-state index in [1.807, 2.05) is 18.5 Å². The standard InChI is InChI=1S/C12H22N6/c1-8(2)14-12(15-10-5-6-10)13-7-11-17-16-9(3)18(11)4/h8,10H,5-7H2,1-4H3,(H2,13,14,15). The first kappa shape index (κ1) is 12.9. The summed E-state index contributed by atoms with van der Waals surface area (Å²) in [6, 6.07) is 0.965. The van der Waals surface area contributed by atoms with Crippen LogP contribution in [0.1, 0.15) is 38.3 Å². The maximum absolute atomic E-state index is 4.56. The summed E-state index contributed by atoms with van der Waals surface area (Å²) in [7, 11) is 1.96. The van der Waals surface area contributed by atoms with E-state index in [9.17, 15) is 0 Å². The third-order valence-electron chi connectivity index (χ3n) is 2.90. The lowest BCUT2D eigenvalue weighted by Crippen LogP contribution is -2.42. The van der Waals surface area contributed by atoms with Crippen LogP contribution in [-0.4, -0.2) is 32.8 Å². The minimum atomic E-state index is 0.372. The molecule has 100 valence electrons. The number of aliphatic imine (C=N–C) groups is 1. The molecule has 1 aromatic rings. The van der Waals surface area contributed by atoms with E-state index in [0.29, 0.717) is 18.6 Å². The second-order valence-electron chi connectivity index (χ2n) is 5.10. The summed E-state index contributed by atoms with van der Waals surface area (Å²) >= 11 is 0. The molecule has 1 aliphatic carbocycles. The van der Waals surface area contributed by atoms with Gasteiger partial charge in [0.05, 0.1) is 0 Å². The molecule has 1 saturated carbocycles. The Kier molecular flexibility index (Phi) is 3.84. The number of aromatic nitrogens is 3. The summed E-state index contributed by atoms with van der Waals surface area (Å²) in [6.45, 7) is 6.70. The molecule has 18 heavy (non-hydrogen) atoms. The second kappa shape index (κ2) is 5.37. The van der Waals surface area contributed by atoms with E-state index >= 15 is 0 Å². The Hall–Kier alpha value is -1.59. The van der Waals surface area contributed by atoms with E-state index in [1.54, 1.807) is 0 Å². The van der Waals surface area contributed by atoms with Gasteiger partial charge in [0.1, 0.15) is 12.4 Å². The second-order valence-corrected chi connectivity index (χ2v) is 5.10. The predicted molar refractivity (Wildman–Crippen MR) is 71.3 cm³/mol. The Morgan fingerprint density at radius 1 is 1.44 bits per heavy atom. The zero-order valence-electron chi connectivity index (χ0n) is 11.6. The molecule has 0 aromatic carbocycles. The van der Waals surface area contributed by atoms with Crippen molar-refractivity contribution in [3.63, 3.8) is 0 Å². The van der Waals surface area contributed by atoms with Gasteiger partial charge in [0.25, 0.3) is 0 Å². The molecule has 0 saturated heterocycles. The molecule has 0 spiro atoms. The molecule has 1 fully saturated rings. The SMILES string of the molecule is Cc1nnc(CN=C(NC(C)C)NC2CC2)n1C. The zero-order chi connectivity index (χ0) is 13.1. The van der Waals surface area contributed by atoms with E-state index in [0.717, 1.165) is 17.6 Å². The number of aryl methyl sites for hydroxylation is 1. The summed E-state index contributed by atoms with van der Waals surface area (Å²) in [4.78, 5) is 4.56. The summed E-state index contributed by atoms with van der Waals surface area (Å²) < 4.78 is 1.97. The Labute approximate surface area is 108 Å². The van der Waals surface area contributed by atoms with Crippen LogP contribution in [0, 0.1) is 6.92 Å². The maximum atomic E-state index is 4.56. The quantitative estimate of drug-likeness (QED) is 0.610. The van der Waals surface area contributed by atoms with E-state index < -0.39 is 0 Å². The first-order chi connectivity index (χ1) is 8.56. The lowest BCUT2D eigenvalue weighted by atomic mass is 10.4. The summed E-state index contributed by atoms with van der Waals surface area (Å²) in [5.41, 5.74) is 0. The predicted octanol–water partition coefficient (Wildman–Crippen LogP) is 0.730. The molecule has 0 radical (unpaired) electrons. The van der Waals surface area contributed by atoms with Gasteiger partial charge in [-0.05, 0) is 33.6 Å². The van der Waals surface area contributed by atoms with Gasteiger partial charge in [0.15, 0.2) is 11.8 Å². The van der Waals surface area contributed by atoms with Crippen LogP contribution in [-0.2, 0) is 13.6 Å². The molecule has 6 heteroatoms. The van der Waals surface area contributed by atoms with Crippen LogP contribution in [0.15, 0.2) is 4.99 Å². The van der Waals surface area contributed by atoms with Crippen molar-refractivity contribution in [2.45, 2.75) is 52.2 Å². The smallest absolute Gasteiger partial charge is 0.192 e. The fraction of sp³-hybridized carbons (Fsp3) is 0.750. The zero-order valence-corrected chi connectivity index (χ0v) is 11.6. The molecule has 0 amide bonds. The lowest BCUT2D eigenvalue weighted by Gasteiger charge is -2.14. The highest BCUT2D eigenvalue weighted by Gasteiger charge is 2.22. The van der Waals surface area contributed by atoms with Crippen LogP contribution in [0.3, 0.4) is 0 Å². The summed E-state index contributed by atoms with van der Waals surface area (Å²) in [5.74, 6) is 2.66. The first-order valence-electron chi connectivity index (χ1n) is 6.48. The van der Waals surface area contributed by atoms with Gasteiger partial charge in [0, 0.05) is 19.1 Å². The monoisotopic (exact) mass is 250 g/mol. The van der Waals surface area contributed by atoms with Crippen molar-refractivity contribution in [2.24, 2.45) is 12.0 Å². The van der Waals surface area contributed by atoms with E-state index in [2.05, 4.69) is 39.7 Å². The van der Waals surface area contributed by atoms with Crippen molar-refractivity contribution in [2.75, 3.05) is 0 Å². The number of nitrogens with one attached hydrogen (secondary N) is 2. The normalized spacial score (nSPS) is 16.2. The first-order valence-corrected chi connectivity index (χ1v) is 6.48. The number of hydrogen-bond acceptors (Lipinski definition) is 3. The third kappa shape index (κ3) is 3.45. The summed E-state index contributed by atoms with van der Waals surface area (Å²) in [5, 5.41) is 14.9. The molecule has 1 aliphatic rings. The molecule has 0 aliphatic heterocycles. The van der Waals surface area contributed by atoms with Crippen LogP contribution in [0.2, 0.25) is 0 Å². The molecule has 0 unspecified atom stereocenters. The van der Waals surface area contributed by atoms with Crippen molar-refractivity contribution >= 4 is 5.96 Å². The Balaban J connectivity index is 1.99. The molecule has 6 nitrogen and oxygen atoms in total. The number of nitrogens with zero attached hydrogens (tertiary/aromatic N) is 4. The molecule has 0 bridgehead atoms. The number of hydrogen-bond donors (Lipinski definition) is 2. The highest BCUT2D eigenvalue weighted by Crippen LogP contribution is 2.18. The van der Waals surface area contributed by atoms with Gasteiger partial charge in [-0.1, -0.05) is 0 Å². The highest BCUT2D eigenvalue weighted by atomic mass is 15.3. The summed E-state index contributed by atoms with van der Waals surface area (Å²) in [6.07, 6.45) is 2.48. The van der Waals surface area contributed by atoms with Gasteiger partial charge >= 0.3 is 0 Å². The molecule has 2 rings (SSSR count). The van der Waals surface area contributed by atoms with Crippen molar-refractivity contribution < 1.29 is 0 Å². The van der Waals surface area contributed by atoms with Crippen LogP contribution in [0.25, 0.3) is 0 Å². The van der Waals surface area contributed by atoms with E-state index in [-0.39, 0.29) is 0 Å². The minimum absolute atomic E-state index is 0.372. The van der Waals surface area contributed by atoms with Gasteiger partial charge in [-0.15, -0.1) is 10.2 Å². The fourth-order valence-electron chi connectivity index (χ4n) is 1.57. The van der Waals surface area contributed by atoms with Crippen LogP contribution in [0.4, 0.5) is 0 Å². The molecular weight excluding hydrogens is 228 g/mol. The van der Waals surface area contributed by atoms with E-state index in [1.165, 1.54) is 12.8 Å². The van der Waals surface area contributed by atoms with E-state index in [4.69, 9.17) is 0 Å². The minimum Gasteiger partial charge on any atom is -0.354 e. The van der Waals surface area contributed by atoms with Gasteiger partial charge < -0.3 is 15.2 Å². The average Bonchev–Trinajstić information content (AvgIpc) is 3.05. The van der Waals surface area contributed by atoms with Crippen LogP contribution < -0.4 is 10.6 Å².